The van der Waals surface area contributed by atoms with Crippen molar-refractivity contribution in [3.8, 4) is 0 Å². The van der Waals surface area contributed by atoms with Crippen molar-refractivity contribution >= 4 is 17.5 Å². The number of anilines is 1. The van der Waals surface area contributed by atoms with E-state index < -0.39 is 0 Å². The molecule has 1 saturated heterocycles. The van der Waals surface area contributed by atoms with Gasteiger partial charge in [-0.15, -0.1) is 0 Å². The van der Waals surface area contributed by atoms with Crippen molar-refractivity contribution in [2.45, 2.75) is 27.7 Å². The van der Waals surface area contributed by atoms with E-state index in [1.54, 1.807) is 18.2 Å². The van der Waals surface area contributed by atoms with Gasteiger partial charge in [-0.05, 0) is 50.6 Å². The first-order valence-corrected chi connectivity index (χ1v) is 9.77. The summed E-state index contributed by atoms with van der Waals surface area (Å²) in [5, 5.41) is 2.95. The number of nitrogens with one attached hydrogen (secondary N) is 1. The highest BCUT2D eigenvalue weighted by atomic mass is 16.2. The number of nitrogens with zero attached hydrogens (tertiary/aromatic N) is 3. The summed E-state index contributed by atoms with van der Waals surface area (Å²) in [6.07, 6.45) is 0. The monoisotopic (exact) mass is 380 g/mol. The van der Waals surface area contributed by atoms with Crippen molar-refractivity contribution < 1.29 is 9.59 Å². The summed E-state index contributed by atoms with van der Waals surface area (Å²) in [6.45, 7) is 12.2. The quantitative estimate of drug-likeness (QED) is 0.885. The maximum atomic E-state index is 12.8. The van der Waals surface area contributed by atoms with Crippen LogP contribution in [0.3, 0.4) is 0 Å². The Morgan fingerprint density at radius 1 is 1.00 bits per heavy atom. The highest BCUT2D eigenvalue weighted by molar-refractivity contribution is 6.04. The van der Waals surface area contributed by atoms with Gasteiger partial charge in [0.1, 0.15) is 11.4 Å². The number of hydrogen-bond donors (Lipinski definition) is 1. The second-order valence-corrected chi connectivity index (χ2v) is 7.36. The number of pyridine rings is 1. The molecule has 1 aliphatic rings. The van der Waals surface area contributed by atoms with Gasteiger partial charge >= 0.3 is 0 Å². The van der Waals surface area contributed by atoms with E-state index in [4.69, 9.17) is 0 Å². The molecule has 3 rings (SSSR count). The van der Waals surface area contributed by atoms with E-state index in [-0.39, 0.29) is 17.5 Å². The number of aryl methyl sites for hydroxylation is 3. The minimum atomic E-state index is -0.305. The van der Waals surface area contributed by atoms with Gasteiger partial charge in [-0.1, -0.05) is 30.7 Å². The van der Waals surface area contributed by atoms with Crippen LogP contribution < -0.4 is 5.32 Å². The molecule has 0 spiro atoms. The van der Waals surface area contributed by atoms with Crippen molar-refractivity contribution in [3.05, 3.63) is 58.4 Å². The summed E-state index contributed by atoms with van der Waals surface area (Å²) in [6, 6.07) is 9.10. The molecule has 1 aromatic heterocycles. The normalized spacial score (nSPS) is 14.8. The maximum Gasteiger partial charge on any atom is 0.274 e. The third-order valence-corrected chi connectivity index (χ3v) is 5.22. The van der Waals surface area contributed by atoms with Gasteiger partial charge in [0, 0.05) is 31.9 Å². The molecular formula is C22H28N4O2. The first kappa shape index (κ1) is 20.0. The largest absolute Gasteiger partial charge is 0.335 e. The molecule has 2 amide bonds. The molecule has 0 aliphatic carbocycles. The van der Waals surface area contributed by atoms with E-state index in [2.05, 4.69) is 22.1 Å². The average Bonchev–Trinajstić information content (AvgIpc) is 2.70. The van der Waals surface area contributed by atoms with Crippen LogP contribution >= 0.6 is 0 Å². The number of carbonyl (C=O) groups is 2. The molecule has 6 nitrogen and oxygen atoms in total. The number of amides is 2. The molecule has 0 atom stereocenters. The van der Waals surface area contributed by atoms with Gasteiger partial charge in [-0.3, -0.25) is 9.59 Å². The molecule has 6 heteroatoms. The third kappa shape index (κ3) is 4.39. The Morgan fingerprint density at radius 3 is 2.21 bits per heavy atom. The topological polar surface area (TPSA) is 65.5 Å². The zero-order valence-electron chi connectivity index (χ0n) is 17.1. The Kier molecular flexibility index (Phi) is 6.09. The van der Waals surface area contributed by atoms with E-state index in [0.29, 0.717) is 18.8 Å². The molecule has 1 aliphatic heterocycles. The van der Waals surface area contributed by atoms with Crippen molar-refractivity contribution in [2.75, 3.05) is 38.0 Å². The fourth-order valence-electron chi connectivity index (χ4n) is 3.66. The summed E-state index contributed by atoms with van der Waals surface area (Å²) in [5.41, 5.74) is 4.53. The predicted octanol–water partition coefficient (Wildman–Crippen LogP) is 3.04. The van der Waals surface area contributed by atoms with Crippen LogP contribution in [0.15, 0.2) is 30.3 Å². The minimum absolute atomic E-state index is 0.117. The molecule has 1 fully saturated rings. The van der Waals surface area contributed by atoms with Crippen LogP contribution in [0.4, 0.5) is 5.69 Å². The van der Waals surface area contributed by atoms with E-state index in [9.17, 15) is 9.59 Å². The molecule has 148 valence electrons. The first-order valence-electron chi connectivity index (χ1n) is 9.77. The lowest BCUT2D eigenvalue weighted by Gasteiger charge is -2.33. The van der Waals surface area contributed by atoms with Gasteiger partial charge in [0.2, 0.25) is 0 Å². The zero-order valence-corrected chi connectivity index (χ0v) is 17.1. The van der Waals surface area contributed by atoms with Crippen molar-refractivity contribution in [2.24, 2.45) is 0 Å². The lowest BCUT2D eigenvalue weighted by molar-refractivity contribution is 0.0637. The second kappa shape index (κ2) is 8.52. The number of hydrogen-bond acceptors (Lipinski definition) is 4. The molecule has 0 bridgehead atoms. The predicted molar refractivity (Wildman–Crippen MR) is 111 cm³/mol. The Labute approximate surface area is 166 Å². The van der Waals surface area contributed by atoms with Crippen LogP contribution in [-0.2, 0) is 0 Å². The number of piperazine rings is 1. The molecule has 1 aromatic carbocycles. The molecular weight excluding hydrogens is 352 g/mol. The molecule has 2 aromatic rings. The number of rotatable bonds is 4. The Balaban J connectivity index is 1.74. The number of benzene rings is 1. The van der Waals surface area contributed by atoms with Crippen LogP contribution in [0.1, 0.15) is 44.6 Å². The van der Waals surface area contributed by atoms with E-state index in [1.165, 1.54) is 0 Å². The number of likely N-dealkylation sites (N-methyl/N-ethyl adjacent to an activating group) is 1. The van der Waals surface area contributed by atoms with Crippen LogP contribution in [0.25, 0.3) is 0 Å². The third-order valence-electron chi connectivity index (χ3n) is 5.22. The minimum Gasteiger partial charge on any atom is -0.335 e. The summed E-state index contributed by atoms with van der Waals surface area (Å²) >= 11 is 0. The molecule has 0 saturated carbocycles. The number of aromatic nitrogens is 1. The fourth-order valence-corrected chi connectivity index (χ4v) is 3.66. The van der Waals surface area contributed by atoms with Crippen LogP contribution in [0, 0.1) is 20.8 Å². The Bertz CT molecular complexity index is 863. The highest BCUT2D eigenvalue weighted by Crippen LogP contribution is 2.22. The number of carbonyl (C=O) groups excluding carboxylic acids is 2. The van der Waals surface area contributed by atoms with E-state index in [0.717, 1.165) is 42.0 Å². The first-order chi connectivity index (χ1) is 13.4. The lowest BCUT2D eigenvalue weighted by Crippen LogP contribution is -2.48. The summed E-state index contributed by atoms with van der Waals surface area (Å²) in [7, 11) is 0. The van der Waals surface area contributed by atoms with Gasteiger partial charge in [0.25, 0.3) is 11.8 Å². The van der Waals surface area contributed by atoms with Crippen molar-refractivity contribution in [1.29, 1.82) is 0 Å². The Morgan fingerprint density at radius 2 is 1.61 bits per heavy atom. The molecule has 2 heterocycles. The fraction of sp³-hybridized carbons (Fsp3) is 0.409. The molecule has 28 heavy (non-hydrogen) atoms. The molecule has 0 unspecified atom stereocenters. The van der Waals surface area contributed by atoms with Crippen molar-refractivity contribution in [3.63, 3.8) is 0 Å². The standard InChI is InChI=1S/C22H28N4O2/c1-5-25-9-11-26(12-10-25)22(28)19-8-6-7-18(23-19)21(27)24-20-16(3)13-15(2)14-17(20)4/h6-8,13-14H,5,9-12H2,1-4H3,(H,24,27). The summed E-state index contributed by atoms with van der Waals surface area (Å²) < 4.78 is 0. The molecule has 0 radical (unpaired) electrons. The zero-order chi connectivity index (χ0) is 20.3. The smallest absolute Gasteiger partial charge is 0.274 e. The average molecular weight is 380 g/mol. The molecule has 1 N–H and O–H groups in total. The van der Waals surface area contributed by atoms with Gasteiger partial charge in [0.05, 0.1) is 0 Å². The second-order valence-electron chi connectivity index (χ2n) is 7.36. The lowest BCUT2D eigenvalue weighted by atomic mass is 10.0. The maximum absolute atomic E-state index is 12.8. The summed E-state index contributed by atoms with van der Waals surface area (Å²) in [5.74, 6) is -0.423. The summed E-state index contributed by atoms with van der Waals surface area (Å²) in [4.78, 5) is 34.0. The Hall–Kier alpha value is -2.73. The SMILES string of the molecule is CCN1CCN(C(=O)c2cccc(C(=O)Nc3c(C)cc(C)cc3C)n2)CC1. The van der Waals surface area contributed by atoms with Crippen molar-refractivity contribution in [1.82, 2.24) is 14.8 Å². The highest BCUT2D eigenvalue weighted by Gasteiger charge is 2.23. The van der Waals surface area contributed by atoms with E-state index >= 15 is 0 Å². The van der Waals surface area contributed by atoms with Crippen LogP contribution in [0.2, 0.25) is 0 Å². The van der Waals surface area contributed by atoms with Crippen LogP contribution in [-0.4, -0.2) is 59.3 Å². The van der Waals surface area contributed by atoms with Gasteiger partial charge < -0.3 is 15.1 Å². The van der Waals surface area contributed by atoms with Gasteiger partial charge in [-0.25, -0.2) is 4.98 Å². The van der Waals surface area contributed by atoms with Gasteiger partial charge in [-0.2, -0.15) is 0 Å². The van der Waals surface area contributed by atoms with Crippen LogP contribution in [0.5, 0.6) is 0 Å². The van der Waals surface area contributed by atoms with Gasteiger partial charge in [0.15, 0.2) is 0 Å². The van der Waals surface area contributed by atoms with E-state index in [1.807, 2.05) is 37.8 Å².